The molecule has 0 radical (unpaired) electrons. The van der Waals surface area contributed by atoms with Crippen LogP contribution in [0.5, 0.6) is 5.75 Å². The molecule has 0 saturated carbocycles. The van der Waals surface area contributed by atoms with Gasteiger partial charge in [0.1, 0.15) is 12.4 Å². The zero-order valence-corrected chi connectivity index (χ0v) is 12.6. The summed E-state index contributed by atoms with van der Waals surface area (Å²) in [6.07, 6.45) is 0. The van der Waals surface area contributed by atoms with Crippen molar-refractivity contribution in [1.82, 2.24) is 0 Å². The lowest BCUT2D eigenvalue weighted by molar-refractivity contribution is 0.304. The summed E-state index contributed by atoms with van der Waals surface area (Å²) in [6, 6.07) is 12.5. The Kier molecular flexibility index (Phi) is 5.14. The minimum absolute atomic E-state index is 0.262. The van der Waals surface area contributed by atoms with E-state index in [0.717, 1.165) is 11.1 Å². The molecule has 0 atom stereocenters. The summed E-state index contributed by atoms with van der Waals surface area (Å²) in [5, 5.41) is 9.79. The fourth-order valence-electron chi connectivity index (χ4n) is 1.70. The second-order valence-electron chi connectivity index (χ2n) is 4.07. The summed E-state index contributed by atoms with van der Waals surface area (Å²) >= 11 is 18.1. The van der Waals surface area contributed by atoms with Gasteiger partial charge in [0, 0.05) is 16.1 Å². The summed E-state index contributed by atoms with van der Waals surface area (Å²) < 4.78 is 5.72. The molecule has 5 heteroatoms. The van der Waals surface area contributed by atoms with Gasteiger partial charge in [-0.25, -0.2) is 0 Å². The first-order valence-electron chi connectivity index (χ1n) is 5.80. The van der Waals surface area contributed by atoms with Crippen LogP contribution in [0.25, 0.3) is 0 Å². The summed E-state index contributed by atoms with van der Waals surface area (Å²) in [7, 11) is 0. The number of hydrogen-bond acceptors (Lipinski definition) is 2. The summed E-state index contributed by atoms with van der Waals surface area (Å²) in [5.74, 6) is 0.876. The van der Waals surface area contributed by atoms with Crippen molar-refractivity contribution in [2.75, 3.05) is 0 Å². The van der Waals surface area contributed by atoms with Crippen LogP contribution < -0.4 is 4.74 Å². The van der Waals surface area contributed by atoms with Crippen molar-refractivity contribution in [1.29, 1.82) is 5.26 Å². The molecule has 20 heavy (non-hydrogen) atoms. The predicted molar refractivity (Wildman–Crippen MR) is 81.5 cm³/mol. The Morgan fingerprint density at radius 2 is 1.85 bits per heavy atom. The van der Waals surface area contributed by atoms with Gasteiger partial charge in [0.15, 0.2) is 0 Å². The van der Waals surface area contributed by atoms with Crippen molar-refractivity contribution >= 4 is 34.8 Å². The van der Waals surface area contributed by atoms with Gasteiger partial charge in [0.05, 0.1) is 22.5 Å². The highest BCUT2D eigenvalue weighted by Gasteiger charge is 2.09. The summed E-state index contributed by atoms with van der Waals surface area (Å²) in [6.45, 7) is 0.262. The lowest BCUT2D eigenvalue weighted by Crippen LogP contribution is -1.99. The Bertz CT molecular complexity index is 665. The number of nitrogens with zero attached hydrogens (tertiary/aromatic N) is 1. The molecule has 0 aliphatic rings. The van der Waals surface area contributed by atoms with E-state index in [1.54, 1.807) is 24.3 Å². The van der Waals surface area contributed by atoms with Gasteiger partial charge >= 0.3 is 0 Å². The van der Waals surface area contributed by atoms with E-state index in [1.807, 2.05) is 18.2 Å². The number of ether oxygens (including phenoxy) is 1. The fraction of sp³-hybridized carbons (Fsp3) is 0.133. The zero-order valence-electron chi connectivity index (χ0n) is 10.4. The molecule has 0 aliphatic heterocycles. The molecule has 2 nitrogen and oxygen atoms in total. The lowest BCUT2D eigenvalue weighted by atomic mass is 10.1. The van der Waals surface area contributed by atoms with Gasteiger partial charge in [-0.05, 0) is 18.2 Å². The maximum Gasteiger partial charge on any atom is 0.142 e. The first-order chi connectivity index (χ1) is 9.65. The SMILES string of the molecule is N#Cc1ccc(COc2c(Cl)cccc2CCl)c(Cl)c1. The van der Waals surface area contributed by atoms with Gasteiger partial charge in [0.25, 0.3) is 0 Å². The van der Waals surface area contributed by atoms with Gasteiger partial charge in [-0.2, -0.15) is 5.26 Å². The normalized spacial score (nSPS) is 10.1. The highest BCUT2D eigenvalue weighted by molar-refractivity contribution is 6.32. The van der Waals surface area contributed by atoms with Crippen LogP contribution in [0.1, 0.15) is 16.7 Å². The predicted octanol–water partition coefficient (Wildman–Crippen LogP) is 5.18. The van der Waals surface area contributed by atoms with E-state index >= 15 is 0 Å². The summed E-state index contributed by atoms with van der Waals surface area (Å²) in [5.41, 5.74) is 2.12. The number of rotatable bonds is 4. The smallest absolute Gasteiger partial charge is 0.142 e. The first-order valence-corrected chi connectivity index (χ1v) is 7.09. The van der Waals surface area contributed by atoms with Crippen LogP contribution >= 0.6 is 34.8 Å². The van der Waals surface area contributed by atoms with Gasteiger partial charge in [-0.3, -0.25) is 0 Å². The molecule has 0 spiro atoms. The largest absolute Gasteiger partial charge is 0.487 e. The minimum Gasteiger partial charge on any atom is -0.487 e. The summed E-state index contributed by atoms with van der Waals surface area (Å²) in [4.78, 5) is 0. The van der Waals surface area contributed by atoms with Crippen LogP contribution in [-0.4, -0.2) is 0 Å². The second kappa shape index (κ2) is 6.85. The maximum atomic E-state index is 8.79. The number of para-hydroxylation sites is 1. The Hall–Kier alpha value is -1.40. The molecule has 2 rings (SSSR count). The Morgan fingerprint density at radius 3 is 2.50 bits per heavy atom. The van der Waals surface area contributed by atoms with Crippen molar-refractivity contribution < 1.29 is 4.74 Å². The quantitative estimate of drug-likeness (QED) is 0.725. The van der Waals surface area contributed by atoms with E-state index in [1.165, 1.54) is 0 Å². The Labute approximate surface area is 132 Å². The lowest BCUT2D eigenvalue weighted by Gasteiger charge is -2.12. The van der Waals surface area contributed by atoms with E-state index in [4.69, 9.17) is 44.8 Å². The van der Waals surface area contributed by atoms with Gasteiger partial charge in [-0.1, -0.05) is 41.4 Å². The molecule has 0 fully saturated rings. The molecule has 0 amide bonds. The average molecular weight is 327 g/mol. The molecule has 0 saturated heterocycles. The standard InChI is InChI=1S/C15H10Cl3NO/c16-7-11-2-1-3-13(17)15(11)20-9-12-5-4-10(8-19)6-14(12)18/h1-6H,7,9H2. The second-order valence-corrected chi connectivity index (χ2v) is 5.15. The van der Waals surface area contributed by atoms with E-state index in [9.17, 15) is 0 Å². The maximum absolute atomic E-state index is 8.79. The van der Waals surface area contributed by atoms with Crippen molar-refractivity contribution in [2.45, 2.75) is 12.5 Å². The topological polar surface area (TPSA) is 33.0 Å². The Morgan fingerprint density at radius 1 is 1.05 bits per heavy atom. The number of alkyl halides is 1. The zero-order chi connectivity index (χ0) is 14.5. The third-order valence-corrected chi connectivity index (χ3v) is 3.68. The van der Waals surface area contributed by atoms with E-state index in [2.05, 4.69) is 0 Å². The van der Waals surface area contributed by atoms with Crippen molar-refractivity contribution in [3.05, 3.63) is 63.1 Å². The van der Waals surface area contributed by atoms with E-state index in [0.29, 0.717) is 27.2 Å². The van der Waals surface area contributed by atoms with Crippen LogP contribution in [0, 0.1) is 11.3 Å². The van der Waals surface area contributed by atoms with Crippen LogP contribution in [-0.2, 0) is 12.5 Å². The number of nitriles is 1. The first kappa shape index (κ1) is 15.0. The Balaban J connectivity index is 2.19. The average Bonchev–Trinajstić information content (AvgIpc) is 2.46. The molecule has 0 heterocycles. The molecule has 0 aromatic heterocycles. The van der Waals surface area contributed by atoms with Crippen molar-refractivity contribution in [3.8, 4) is 11.8 Å². The van der Waals surface area contributed by atoms with Crippen LogP contribution in [0.2, 0.25) is 10.0 Å². The van der Waals surface area contributed by atoms with Gasteiger partial charge < -0.3 is 4.74 Å². The molecule has 102 valence electrons. The van der Waals surface area contributed by atoms with Crippen molar-refractivity contribution in [3.63, 3.8) is 0 Å². The molecular formula is C15H10Cl3NO. The fourth-order valence-corrected chi connectivity index (χ4v) is 2.40. The number of halogens is 3. The molecular weight excluding hydrogens is 317 g/mol. The highest BCUT2D eigenvalue weighted by Crippen LogP contribution is 2.31. The molecule has 2 aromatic carbocycles. The van der Waals surface area contributed by atoms with Crippen LogP contribution in [0.4, 0.5) is 0 Å². The molecule has 0 aliphatic carbocycles. The number of hydrogen-bond donors (Lipinski definition) is 0. The highest BCUT2D eigenvalue weighted by atomic mass is 35.5. The third kappa shape index (κ3) is 3.37. The van der Waals surface area contributed by atoms with E-state index in [-0.39, 0.29) is 6.61 Å². The molecule has 0 N–H and O–H groups in total. The monoisotopic (exact) mass is 325 g/mol. The molecule has 2 aromatic rings. The van der Waals surface area contributed by atoms with Crippen LogP contribution in [0.15, 0.2) is 36.4 Å². The van der Waals surface area contributed by atoms with Gasteiger partial charge in [0.2, 0.25) is 0 Å². The minimum atomic E-state index is 0.262. The molecule has 0 bridgehead atoms. The molecule has 0 unspecified atom stereocenters. The van der Waals surface area contributed by atoms with Crippen molar-refractivity contribution in [2.24, 2.45) is 0 Å². The van der Waals surface area contributed by atoms with E-state index < -0.39 is 0 Å². The third-order valence-electron chi connectivity index (χ3n) is 2.75. The number of benzene rings is 2. The van der Waals surface area contributed by atoms with Crippen LogP contribution in [0.3, 0.4) is 0 Å². The van der Waals surface area contributed by atoms with Gasteiger partial charge in [-0.15, -0.1) is 11.6 Å².